The molecule has 1 amide bonds. The number of nitrogens with one attached hydrogen (secondary N) is 1. The average Bonchev–Trinajstić information content (AvgIpc) is 3.47. The second-order valence-corrected chi connectivity index (χ2v) is 9.31. The molecule has 3 fully saturated rings. The zero-order chi connectivity index (χ0) is 21.5. The molecule has 7 nitrogen and oxygen atoms in total. The number of hydrogen-bond acceptors (Lipinski definition) is 6. The molecule has 1 saturated heterocycles. The van der Waals surface area contributed by atoms with E-state index >= 15 is 0 Å². The number of hydrogen-bond donors (Lipinski definition) is 2. The number of aromatic nitrogens is 2. The van der Waals surface area contributed by atoms with Crippen LogP contribution in [0, 0.1) is 25.7 Å². The predicted molar refractivity (Wildman–Crippen MR) is 117 cm³/mol. The number of aryl methyl sites for hydroxylation is 2. The van der Waals surface area contributed by atoms with Crippen molar-refractivity contribution in [2.24, 2.45) is 11.8 Å². The van der Waals surface area contributed by atoms with Gasteiger partial charge in [-0.05, 0) is 75.6 Å². The quantitative estimate of drug-likeness (QED) is 0.770. The van der Waals surface area contributed by atoms with Crippen molar-refractivity contribution in [1.29, 1.82) is 0 Å². The van der Waals surface area contributed by atoms with Crippen LogP contribution in [0.5, 0.6) is 5.75 Å². The number of fused-ring (bicyclic) bond motifs is 1. The van der Waals surface area contributed by atoms with E-state index in [1.54, 1.807) is 12.3 Å². The van der Waals surface area contributed by atoms with Crippen molar-refractivity contribution in [1.82, 2.24) is 15.3 Å². The second kappa shape index (κ2) is 8.11. The average molecular weight is 423 g/mol. The minimum atomic E-state index is -0.495. The Labute approximate surface area is 182 Å². The van der Waals surface area contributed by atoms with Crippen LogP contribution in [0.3, 0.4) is 0 Å². The van der Waals surface area contributed by atoms with Gasteiger partial charge in [-0.1, -0.05) is 0 Å². The van der Waals surface area contributed by atoms with Crippen molar-refractivity contribution in [2.45, 2.75) is 57.8 Å². The first-order chi connectivity index (χ1) is 15.0. The van der Waals surface area contributed by atoms with Crippen molar-refractivity contribution in [3.05, 3.63) is 47.4 Å². The van der Waals surface area contributed by atoms with Gasteiger partial charge in [0.25, 0.3) is 5.91 Å². The summed E-state index contributed by atoms with van der Waals surface area (Å²) in [5.74, 6) is 2.40. The molecule has 3 heterocycles. The molecule has 7 heteroatoms. The third-order valence-corrected chi connectivity index (χ3v) is 6.78. The van der Waals surface area contributed by atoms with E-state index in [-0.39, 0.29) is 12.0 Å². The van der Waals surface area contributed by atoms with Crippen LogP contribution in [-0.2, 0) is 0 Å². The number of amides is 1. The minimum absolute atomic E-state index is 0.0197. The molecule has 2 N–H and O–H groups in total. The molecule has 1 aliphatic heterocycles. The Kier molecular flexibility index (Phi) is 5.30. The highest BCUT2D eigenvalue weighted by Gasteiger charge is 2.43. The number of pyridine rings is 2. The summed E-state index contributed by atoms with van der Waals surface area (Å²) in [5, 5.41) is 13.8. The molecule has 2 aromatic rings. The van der Waals surface area contributed by atoms with E-state index in [2.05, 4.69) is 20.2 Å². The Bertz CT molecular complexity index is 977. The molecule has 5 rings (SSSR count). The van der Waals surface area contributed by atoms with Gasteiger partial charge in [0.05, 0.1) is 11.8 Å². The molecule has 0 radical (unpaired) electrons. The van der Waals surface area contributed by atoms with Crippen LogP contribution in [-0.4, -0.2) is 52.3 Å². The van der Waals surface area contributed by atoms with E-state index in [1.165, 1.54) is 0 Å². The summed E-state index contributed by atoms with van der Waals surface area (Å²) in [4.78, 5) is 23.7. The van der Waals surface area contributed by atoms with Gasteiger partial charge in [0, 0.05) is 36.6 Å². The lowest BCUT2D eigenvalue weighted by atomic mass is 9.78. The Morgan fingerprint density at radius 1 is 1.16 bits per heavy atom. The standard InChI is InChI=1S/C24H30N4O3/c1-14-3-6-21(15(2)26-14)31-22-10-18-13-28(12-17(18)9-20(22)29)23-11-16(7-8-25-23)24(30)27-19-4-5-19/h3,6-8,11,17-20,22,29H,4-5,9-10,12-13H2,1-2H3,(H,27,30)/t17-,18+,20+,22+/m0/s1. The Morgan fingerprint density at radius 3 is 2.68 bits per heavy atom. The van der Waals surface area contributed by atoms with Crippen LogP contribution in [0.15, 0.2) is 30.5 Å². The zero-order valence-electron chi connectivity index (χ0n) is 18.1. The Balaban J connectivity index is 1.26. The molecule has 164 valence electrons. The van der Waals surface area contributed by atoms with Gasteiger partial charge in [0.2, 0.25) is 0 Å². The number of carbonyl (C=O) groups is 1. The first-order valence-electron chi connectivity index (χ1n) is 11.3. The Morgan fingerprint density at radius 2 is 1.94 bits per heavy atom. The molecule has 0 spiro atoms. The number of rotatable bonds is 5. The summed E-state index contributed by atoms with van der Waals surface area (Å²) in [5.41, 5.74) is 2.48. The summed E-state index contributed by atoms with van der Waals surface area (Å²) >= 11 is 0. The number of aliphatic hydroxyl groups excluding tert-OH is 1. The van der Waals surface area contributed by atoms with Crippen LogP contribution < -0.4 is 15.0 Å². The molecule has 0 bridgehead atoms. The SMILES string of the molecule is Cc1ccc(O[C@@H]2C[C@@H]3CN(c4cc(C(=O)NC5CC5)ccn4)C[C@@H]3C[C@H]2O)c(C)n1. The highest BCUT2D eigenvalue weighted by atomic mass is 16.5. The smallest absolute Gasteiger partial charge is 0.251 e. The predicted octanol–water partition coefficient (Wildman–Crippen LogP) is 2.64. The normalized spacial score (nSPS) is 27.6. The maximum absolute atomic E-state index is 12.4. The fourth-order valence-electron chi connectivity index (χ4n) is 4.89. The summed E-state index contributed by atoms with van der Waals surface area (Å²) < 4.78 is 6.20. The van der Waals surface area contributed by atoms with Crippen molar-refractivity contribution >= 4 is 11.7 Å². The number of anilines is 1. The van der Waals surface area contributed by atoms with E-state index in [0.29, 0.717) is 29.9 Å². The molecular weight excluding hydrogens is 392 g/mol. The van der Waals surface area contributed by atoms with Crippen LogP contribution >= 0.6 is 0 Å². The van der Waals surface area contributed by atoms with Crippen LogP contribution in [0.1, 0.15) is 47.4 Å². The lowest BCUT2D eigenvalue weighted by molar-refractivity contribution is -0.0236. The maximum Gasteiger partial charge on any atom is 0.251 e. The van der Waals surface area contributed by atoms with Crippen LogP contribution in [0.4, 0.5) is 5.82 Å². The van der Waals surface area contributed by atoms with Crippen molar-refractivity contribution in [3.63, 3.8) is 0 Å². The molecule has 31 heavy (non-hydrogen) atoms. The topological polar surface area (TPSA) is 87.6 Å². The molecule has 4 atom stereocenters. The molecule has 2 saturated carbocycles. The molecular formula is C24H30N4O3. The molecule has 3 aliphatic rings. The van der Waals surface area contributed by atoms with E-state index < -0.39 is 6.10 Å². The monoisotopic (exact) mass is 422 g/mol. The van der Waals surface area contributed by atoms with Gasteiger partial charge in [-0.15, -0.1) is 0 Å². The third kappa shape index (κ3) is 4.37. The van der Waals surface area contributed by atoms with Gasteiger partial charge in [-0.3, -0.25) is 9.78 Å². The first kappa shape index (κ1) is 20.2. The fraction of sp³-hybridized carbons (Fsp3) is 0.542. The molecule has 2 aliphatic carbocycles. The van der Waals surface area contributed by atoms with Crippen molar-refractivity contribution in [2.75, 3.05) is 18.0 Å². The number of carbonyl (C=O) groups excluding carboxylic acids is 1. The highest BCUT2D eigenvalue weighted by molar-refractivity contribution is 5.95. The van der Waals surface area contributed by atoms with E-state index in [0.717, 1.165) is 55.3 Å². The van der Waals surface area contributed by atoms with Crippen molar-refractivity contribution in [3.8, 4) is 5.75 Å². The van der Waals surface area contributed by atoms with Gasteiger partial charge in [-0.25, -0.2) is 4.98 Å². The first-order valence-corrected chi connectivity index (χ1v) is 11.3. The van der Waals surface area contributed by atoms with E-state index in [1.807, 2.05) is 32.0 Å². The van der Waals surface area contributed by atoms with Crippen LogP contribution in [0.25, 0.3) is 0 Å². The number of ether oxygens (including phenoxy) is 1. The van der Waals surface area contributed by atoms with E-state index in [4.69, 9.17) is 4.74 Å². The number of nitrogens with zero attached hydrogens (tertiary/aromatic N) is 3. The molecule has 2 aromatic heterocycles. The van der Waals surface area contributed by atoms with Gasteiger partial charge >= 0.3 is 0 Å². The lowest BCUT2D eigenvalue weighted by Crippen LogP contribution is -2.42. The lowest BCUT2D eigenvalue weighted by Gasteiger charge is -2.35. The third-order valence-electron chi connectivity index (χ3n) is 6.78. The largest absolute Gasteiger partial charge is 0.486 e. The van der Waals surface area contributed by atoms with Crippen LogP contribution in [0.2, 0.25) is 0 Å². The molecule has 0 unspecified atom stereocenters. The van der Waals surface area contributed by atoms with Gasteiger partial charge in [0.15, 0.2) is 0 Å². The second-order valence-electron chi connectivity index (χ2n) is 9.31. The Hall–Kier alpha value is -2.67. The summed E-state index contributed by atoms with van der Waals surface area (Å²) in [7, 11) is 0. The highest BCUT2D eigenvalue weighted by Crippen LogP contribution is 2.39. The number of aliphatic hydroxyl groups is 1. The summed E-state index contributed by atoms with van der Waals surface area (Å²) in [6.45, 7) is 5.61. The maximum atomic E-state index is 12.4. The minimum Gasteiger partial charge on any atom is -0.486 e. The summed E-state index contributed by atoms with van der Waals surface area (Å²) in [6, 6.07) is 7.89. The van der Waals surface area contributed by atoms with Gasteiger partial charge < -0.3 is 20.1 Å². The fourth-order valence-corrected chi connectivity index (χ4v) is 4.89. The molecule has 0 aromatic carbocycles. The van der Waals surface area contributed by atoms with Crippen molar-refractivity contribution < 1.29 is 14.6 Å². The van der Waals surface area contributed by atoms with Gasteiger partial charge in [-0.2, -0.15) is 0 Å². The van der Waals surface area contributed by atoms with E-state index in [9.17, 15) is 9.90 Å². The summed E-state index contributed by atoms with van der Waals surface area (Å²) in [6.07, 6.45) is 4.65. The van der Waals surface area contributed by atoms with Gasteiger partial charge in [0.1, 0.15) is 17.7 Å². The zero-order valence-corrected chi connectivity index (χ0v) is 18.1.